The maximum Gasteiger partial charge on any atom is 0.174 e. The van der Waals surface area contributed by atoms with Crippen LogP contribution in [0.1, 0.15) is 11.1 Å². The van der Waals surface area contributed by atoms with Crippen molar-refractivity contribution in [1.29, 1.82) is 5.26 Å². The van der Waals surface area contributed by atoms with Crippen molar-refractivity contribution in [2.45, 2.75) is 0 Å². The number of nitriles is 1. The largest absolute Gasteiger partial charge is 0.493 e. The molecule has 0 bridgehead atoms. The van der Waals surface area contributed by atoms with Crippen LogP contribution in [0.25, 0.3) is 11.6 Å². The lowest BCUT2D eigenvalue weighted by Crippen LogP contribution is -1.99. The monoisotopic (exact) mass is 435 g/mol. The van der Waals surface area contributed by atoms with E-state index in [0.29, 0.717) is 29.2 Å². The molecule has 0 radical (unpaired) electrons. The van der Waals surface area contributed by atoms with Gasteiger partial charge in [0.05, 0.1) is 22.3 Å². The molecule has 0 N–H and O–H groups in total. The van der Waals surface area contributed by atoms with Gasteiger partial charge in [0.1, 0.15) is 12.4 Å². The van der Waals surface area contributed by atoms with Crippen LogP contribution < -0.4 is 9.47 Å². The van der Waals surface area contributed by atoms with Crippen LogP contribution in [0.2, 0.25) is 0 Å². The van der Waals surface area contributed by atoms with Gasteiger partial charge in [0.25, 0.3) is 0 Å². The molecule has 0 aliphatic rings. The van der Waals surface area contributed by atoms with Crippen molar-refractivity contribution >= 4 is 34.2 Å². The SMILES string of the molecule is C=CCOc1c(I)cc(/C=C(\C#N)c2cccc(F)c2)cc1OC. The van der Waals surface area contributed by atoms with E-state index in [2.05, 4.69) is 35.2 Å². The summed E-state index contributed by atoms with van der Waals surface area (Å²) in [5, 5.41) is 9.39. The minimum absolute atomic E-state index is 0.368. The average Bonchev–Trinajstić information content (AvgIpc) is 2.58. The van der Waals surface area contributed by atoms with E-state index in [1.165, 1.54) is 12.1 Å². The maximum absolute atomic E-state index is 13.4. The molecule has 3 nitrogen and oxygen atoms in total. The van der Waals surface area contributed by atoms with Gasteiger partial charge in [-0.3, -0.25) is 0 Å². The predicted molar refractivity (Wildman–Crippen MR) is 101 cm³/mol. The molecule has 0 atom stereocenters. The number of hydrogen-bond acceptors (Lipinski definition) is 3. The molecule has 0 saturated heterocycles. The Bertz CT molecular complexity index is 825. The molecular formula is C19H15FINO2. The van der Waals surface area contributed by atoms with Crippen LogP contribution >= 0.6 is 22.6 Å². The molecule has 24 heavy (non-hydrogen) atoms. The zero-order chi connectivity index (χ0) is 17.5. The average molecular weight is 435 g/mol. The first-order chi connectivity index (χ1) is 11.6. The van der Waals surface area contributed by atoms with Gasteiger partial charge in [0.15, 0.2) is 11.5 Å². The molecule has 0 fully saturated rings. The number of ether oxygens (including phenoxy) is 2. The summed E-state index contributed by atoms with van der Waals surface area (Å²) in [6, 6.07) is 11.7. The number of allylic oxidation sites excluding steroid dienone is 1. The highest BCUT2D eigenvalue weighted by atomic mass is 127. The lowest BCUT2D eigenvalue weighted by atomic mass is 10.0. The number of hydrogen-bond donors (Lipinski definition) is 0. The molecule has 2 rings (SSSR count). The zero-order valence-electron chi connectivity index (χ0n) is 13.1. The molecule has 0 aromatic heterocycles. The third kappa shape index (κ3) is 4.36. The molecule has 0 saturated carbocycles. The topological polar surface area (TPSA) is 42.2 Å². The Kier molecular flexibility index (Phi) is 6.38. The second-order valence-electron chi connectivity index (χ2n) is 4.81. The molecule has 2 aromatic carbocycles. The Morgan fingerprint density at radius 3 is 2.79 bits per heavy atom. The van der Waals surface area contributed by atoms with Gasteiger partial charge in [-0.05, 0) is 64.1 Å². The van der Waals surface area contributed by atoms with Crippen LogP contribution in [0.4, 0.5) is 4.39 Å². The molecule has 0 amide bonds. The third-order valence-electron chi connectivity index (χ3n) is 3.16. The summed E-state index contributed by atoms with van der Waals surface area (Å²) in [6.07, 6.45) is 3.35. The summed E-state index contributed by atoms with van der Waals surface area (Å²) in [4.78, 5) is 0. The van der Waals surface area contributed by atoms with Crippen LogP contribution in [-0.4, -0.2) is 13.7 Å². The molecule has 2 aromatic rings. The van der Waals surface area contributed by atoms with Crippen molar-refractivity contribution in [3.05, 3.63) is 69.6 Å². The lowest BCUT2D eigenvalue weighted by Gasteiger charge is -2.12. The number of methoxy groups -OCH3 is 1. The summed E-state index contributed by atoms with van der Waals surface area (Å²) < 4.78 is 25.2. The molecule has 0 spiro atoms. The Labute approximate surface area is 154 Å². The highest BCUT2D eigenvalue weighted by molar-refractivity contribution is 14.1. The smallest absolute Gasteiger partial charge is 0.174 e. The van der Waals surface area contributed by atoms with Crippen molar-refractivity contribution in [2.24, 2.45) is 0 Å². The number of halogens is 2. The molecule has 0 heterocycles. The Morgan fingerprint density at radius 1 is 1.38 bits per heavy atom. The molecule has 0 aliphatic heterocycles. The number of benzene rings is 2. The summed E-state index contributed by atoms with van der Waals surface area (Å²) >= 11 is 2.14. The van der Waals surface area contributed by atoms with Crippen LogP contribution in [0.3, 0.4) is 0 Å². The third-order valence-corrected chi connectivity index (χ3v) is 3.97. The molecular weight excluding hydrogens is 420 g/mol. The number of nitrogens with zero attached hydrogens (tertiary/aromatic N) is 1. The second-order valence-corrected chi connectivity index (χ2v) is 5.98. The van der Waals surface area contributed by atoms with Gasteiger partial charge in [-0.15, -0.1) is 0 Å². The first-order valence-corrected chi connectivity index (χ1v) is 8.16. The normalized spacial score (nSPS) is 10.8. The predicted octanol–water partition coefficient (Wildman–Crippen LogP) is 5.07. The van der Waals surface area contributed by atoms with Gasteiger partial charge >= 0.3 is 0 Å². The summed E-state index contributed by atoms with van der Waals surface area (Å²) in [5.74, 6) is 0.805. The van der Waals surface area contributed by atoms with Crippen LogP contribution in [0.15, 0.2) is 49.1 Å². The van der Waals surface area contributed by atoms with Crippen LogP contribution in [0, 0.1) is 20.7 Å². The highest BCUT2D eigenvalue weighted by Crippen LogP contribution is 2.35. The van der Waals surface area contributed by atoms with E-state index in [4.69, 9.17) is 9.47 Å². The van der Waals surface area contributed by atoms with Gasteiger partial charge in [-0.1, -0.05) is 24.8 Å². The van der Waals surface area contributed by atoms with Gasteiger partial charge in [0.2, 0.25) is 0 Å². The van der Waals surface area contributed by atoms with E-state index in [1.807, 2.05) is 6.07 Å². The van der Waals surface area contributed by atoms with Crippen molar-refractivity contribution in [3.8, 4) is 17.6 Å². The first kappa shape index (κ1) is 18.0. The summed E-state index contributed by atoms with van der Waals surface area (Å²) in [5.41, 5.74) is 1.66. The van der Waals surface area contributed by atoms with Crippen molar-refractivity contribution in [2.75, 3.05) is 13.7 Å². The minimum atomic E-state index is -0.381. The van der Waals surface area contributed by atoms with E-state index in [-0.39, 0.29) is 5.82 Å². The van der Waals surface area contributed by atoms with Crippen molar-refractivity contribution in [3.63, 3.8) is 0 Å². The fourth-order valence-electron chi connectivity index (χ4n) is 2.11. The fraction of sp³-hybridized carbons (Fsp3) is 0.105. The second kappa shape index (κ2) is 8.50. The fourth-order valence-corrected chi connectivity index (χ4v) is 2.89. The molecule has 122 valence electrons. The Balaban J connectivity index is 2.46. The van der Waals surface area contributed by atoms with Crippen molar-refractivity contribution < 1.29 is 13.9 Å². The molecule has 0 aliphatic carbocycles. The van der Waals surface area contributed by atoms with E-state index in [0.717, 1.165) is 9.13 Å². The van der Waals surface area contributed by atoms with E-state index in [9.17, 15) is 9.65 Å². The maximum atomic E-state index is 13.4. The van der Waals surface area contributed by atoms with E-state index >= 15 is 0 Å². The quantitative estimate of drug-likeness (QED) is 0.276. The zero-order valence-corrected chi connectivity index (χ0v) is 15.2. The minimum Gasteiger partial charge on any atom is -0.493 e. The van der Waals surface area contributed by atoms with Gasteiger partial charge < -0.3 is 9.47 Å². The molecule has 0 unspecified atom stereocenters. The summed E-state index contributed by atoms with van der Waals surface area (Å²) in [6.45, 7) is 3.99. The van der Waals surface area contributed by atoms with Gasteiger partial charge in [-0.2, -0.15) is 5.26 Å². The Hall–Kier alpha value is -2.33. The summed E-state index contributed by atoms with van der Waals surface area (Å²) in [7, 11) is 1.55. The first-order valence-electron chi connectivity index (χ1n) is 7.08. The standard InChI is InChI=1S/C19H15FINO2/c1-3-7-24-19-17(21)9-13(10-18(19)23-2)8-15(12-22)14-5-4-6-16(20)11-14/h3-6,8-11H,1,7H2,2H3/b15-8+. The van der Waals surface area contributed by atoms with Crippen LogP contribution in [-0.2, 0) is 0 Å². The Morgan fingerprint density at radius 2 is 2.17 bits per heavy atom. The molecule has 5 heteroatoms. The number of rotatable bonds is 6. The van der Waals surface area contributed by atoms with Gasteiger partial charge in [-0.25, -0.2) is 4.39 Å². The van der Waals surface area contributed by atoms with E-state index < -0.39 is 0 Å². The van der Waals surface area contributed by atoms with E-state index in [1.54, 1.807) is 37.5 Å². The lowest BCUT2D eigenvalue weighted by molar-refractivity contribution is 0.324. The van der Waals surface area contributed by atoms with Gasteiger partial charge in [0, 0.05) is 0 Å². The highest BCUT2D eigenvalue weighted by Gasteiger charge is 2.11. The van der Waals surface area contributed by atoms with Crippen molar-refractivity contribution in [1.82, 2.24) is 0 Å². The van der Waals surface area contributed by atoms with Crippen LogP contribution in [0.5, 0.6) is 11.5 Å².